The Labute approximate surface area is 139 Å². The maximum atomic E-state index is 12.1. The maximum Gasteiger partial charge on any atom is 0.282 e. The number of nitro groups is 1. The summed E-state index contributed by atoms with van der Waals surface area (Å²) in [5, 5.41) is 16.0. The minimum absolute atomic E-state index is 0.00188. The summed E-state index contributed by atoms with van der Waals surface area (Å²) in [5.74, 6) is -0.224. The van der Waals surface area contributed by atoms with Crippen LogP contribution in [0, 0.1) is 10.1 Å². The topological polar surface area (TPSA) is 97.2 Å². The molecule has 0 spiro atoms. The predicted octanol–water partition coefficient (Wildman–Crippen LogP) is 2.88. The van der Waals surface area contributed by atoms with Crippen molar-refractivity contribution in [3.05, 3.63) is 62.7 Å². The first-order chi connectivity index (χ1) is 10.5. The third-order valence-corrected chi connectivity index (χ3v) is 3.21. The molecular weight excluding hydrogens is 372 g/mol. The Morgan fingerprint density at radius 3 is 2.64 bits per heavy atom. The molecule has 1 aromatic heterocycles. The molecule has 0 unspecified atom stereocenters. The zero-order valence-corrected chi connectivity index (χ0v) is 13.3. The van der Waals surface area contributed by atoms with Crippen molar-refractivity contribution in [2.24, 2.45) is 0 Å². The summed E-state index contributed by atoms with van der Waals surface area (Å²) in [6, 6.07) is 9.04. The fraction of sp³-hybridized carbons (Fsp3) is 0. The molecule has 112 valence electrons. The quantitative estimate of drug-likeness (QED) is 0.482. The van der Waals surface area contributed by atoms with Crippen molar-refractivity contribution < 1.29 is 9.72 Å². The molecule has 1 heterocycles. The first-order valence-corrected chi connectivity index (χ1v) is 7.15. The van der Waals surface area contributed by atoms with Gasteiger partial charge in [0.25, 0.3) is 11.6 Å². The van der Waals surface area contributed by atoms with Crippen molar-refractivity contribution in [2.75, 3.05) is 5.32 Å². The number of thiocarbonyl (C=S) groups is 1. The normalized spacial score (nSPS) is 9.86. The van der Waals surface area contributed by atoms with Gasteiger partial charge in [0, 0.05) is 16.7 Å². The predicted molar refractivity (Wildman–Crippen MR) is 88.7 cm³/mol. The summed E-state index contributed by atoms with van der Waals surface area (Å²) in [6.45, 7) is 0. The molecular formula is C13H9BrN4O3S. The molecule has 0 radical (unpaired) electrons. The van der Waals surface area contributed by atoms with Gasteiger partial charge < -0.3 is 5.32 Å². The average Bonchev–Trinajstić information content (AvgIpc) is 2.49. The average molecular weight is 381 g/mol. The van der Waals surface area contributed by atoms with Crippen LogP contribution in [0.25, 0.3) is 0 Å². The molecule has 2 N–H and O–H groups in total. The van der Waals surface area contributed by atoms with Gasteiger partial charge in [-0.05, 0) is 46.3 Å². The smallest absolute Gasteiger partial charge is 0.282 e. The van der Waals surface area contributed by atoms with Gasteiger partial charge in [0.1, 0.15) is 11.4 Å². The van der Waals surface area contributed by atoms with Crippen LogP contribution in [0.3, 0.4) is 0 Å². The number of nitro benzene ring substituents is 1. The van der Waals surface area contributed by atoms with Crippen LogP contribution in [-0.2, 0) is 0 Å². The van der Waals surface area contributed by atoms with Crippen LogP contribution in [0.4, 0.5) is 11.5 Å². The van der Waals surface area contributed by atoms with Crippen LogP contribution in [0.1, 0.15) is 10.4 Å². The highest BCUT2D eigenvalue weighted by molar-refractivity contribution is 9.10. The number of hydrogen-bond acceptors (Lipinski definition) is 5. The van der Waals surface area contributed by atoms with E-state index in [0.717, 1.165) is 4.47 Å². The monoisotopic (exact) mass is 380 g/mol. The Morgan fingerprint density at radius 1 is 1.27 bits per heavy atom. The summed E-state index contributed by atoms with van der Waals surface area (Å²) in [6.07, 6.45) is 1.56. The van der Waals surface area contributed by atoms with E-state index in [0.29, 0.717) is 5.82 Å². The summed E-state index contributed by atoms with van der Waals surface area (Å²) in [7, 11) is 0. The van der Waals surface area contributed by atoms with Crippen LogP contribution < -0.4 is 10.6 Å². The van der Waals surface area contributed by atoms with Crippen LogP contribution in [0.5, 0.6) is 0 Å². The first-order valence-electron chi connectivity index (χ1n) is 5.94. The number of rotatable bonds is 3. The van der Waals surface area contributed by atoms with E-state index in [1.165, 1.54) is 24.3 Å². The zero-order valence-electron chi connectivity index (χ0n) is 10.9. The molecule has 0 aliphatic carbocycles. The fourth-order valence-electron chi connectivity index (χ4n) is 1.59. The van der Waals surface area contributed by atoms with Crippen molar-refractivity contribution >= 4 is 50.7 Å². The second kappa shape index (κ2) is 7.05. The highest BCUT2D eigenvalue weighted by atomic mass is 79.9. The molecule has 22 heavy (non-hydrogen) atoms. The first kappa shape index (κ1) is 16.0. The van der Waals surface area contributed by atoms with Crippen molar-refractivity contribution in [1.29, 1.82) is 0 Å². The number of carbonyl (C=O) groups is 1. The van der Waals surface area contributed by atoms with Crippen molar-refractivity contribution in [2.45, 2.75) is 0 Å². The van der Waals surface area contributed by atoms with Crippen LogP contribution in [0.2, 0.25) is 0 Å². The van der Waals surface area contributed by atoms with Crippen LogP contribution in [-0.4, -0.2) is 20.9 Å². The lowest BCUT2D eigenvalue weighted by Gasteiger charge is -2.09. The Balaban J connectivity index is 2.07. The summed E-state index contributed by atoms with van der Waals surface area (Å²) in [4.78, 5) is 26.4. The Morgan fingerprint density at radius 2 is 2.00 bits per heavy atom. The number of nitrogens with zero attached hydrogens (tertiary/aromatic N) is 2. The van der Waals surface area contributed by atoms with Gasteiger partial charge in [-0.3, -0.25) is 20.2 Å². The van der Waals surface area contributed by atoms with Gasteiger partial charge >= 0.3 is 0 Å². The van der Waals surface area contributed by atoms with Gasteiger partial charge in [0.05, 0.1) is 4.92 Å². The summed E-state index contributed by atoms with van der Waals surface area (Å²) < 4.78 is 0.799. The molecule has 1 amide bonds. The lowest BCUT2D eigenvalue weighted by atomic mass is 10.1. The second-order valence-corrected chi connectivity index (χ2v) is 5.37. The van der Waals surface area contributed by atoms with E-state index >= 15 is 0 Å². The number of halogens is 1. The number of benzene rings is 1. The lowest BCUT2D eigenvalue weighted by Crippen LogP contribution is -2.34. The molecule has 0 aliphatic heterocycles. The molecule has 0 atom stereocenters. The van der Waals surface area contributed by atoms with E-state index in [1.807, 2.05) is 0 Å². The van der Waals surface area contributed by atoms with Crippen molar-refractivity contribution in [3.8, 4) is 0 Å². The van der Waals surface area contributed by atoms with E-state index in [-0.39, 0.29) is 16.4 Å². The van der Waals surface area contributed by atoms with E-state index in [4.69, 9.17) is 12.2 Å². The molecule has 0 saturated heterocycles. The van der Waals surface area contributed by atoms with E-state index < -0.39 is 10.8 Å². The number of aromatic nitrogens is 1. The highest BCUT2D eigenvalue weighted by Gasteiger charge is 2.19. The standard InChI is InChI=1S/C13H9BrN4O3S/c14-8-5-6-11(15-7-8)16-13(22)17-12(19)9-3-1-2-4-10(9)18(20)21/h1-7H,(H2,15,16,17,19,22). The molecule has 0 aliphatic rings. The Hall–Kier alpha value is -2.39. The van der Waals surface area contributed by atoms with Crippen LogP contribution >= 0.6 is 28.1 Å². The molecule has 9 heteroatoms. The van der Waals surface area contributed by atoms with Crippen molar-refractivity contribution in [1.82, 2.24) is 10.3 Å². The SMILES string of the molecule is O=C(NC(=S)Nc1ccc(Br)cn1)c1ccccc1[N+](=O)[O-]. The Bertz CT molecular complexity index is 736. The molecule has 7 nitrogen and oxygen atoms in total. The lowest BCUT2D eigenvalue weighted by molar-refractivity contribution is -0.385. The molecule has 0 bridgehead atoms. The summed E-state index contributed by atoms with van der Waals surface area (Å²) >= 11 is 8.24. The number of pyridine rings is 1. The zero-order chi connectivity index (χ0) is 16.1. The molecule has 2 aromatic rings. The highest BCUT2D eigenvalue weighted by Crippen LogP contribution is 2.17. The minimum atomic E-state index is -0.665. The second-order valence-electron chi connectivity index (χ2n) is 4.04. The van der Waals surface area contributed by atoms with Gasteiger partial charge in [-0.2, -0.15) is 0 Å². The van der Waals surface area contributed by atoms with Gasteiger partial charge in [-0.15, -0.1) is 0 Å². The van der Waals surface area contributed by atoms with E-state index in [1.54, 1.807) is 18.3 Å². The van der Waals surface area contributed by atoms with Crippen molar-refractivity contribution in [3.63, 3.8) is 0 Å². The minimum Gasteiger partial charge on any atom is -0.317 e. The fourth-order valence-corrected chi connectivity index (χ4v) is 2.02. The molecule has 0 fully saturated rings. The van der Waals surface area contributed by atoms with Gasteiger partial charge in [-0.25, -0.2) is 4.98 Å². The van der Waals surface area contributed by atoms with Gasteiger partial charge in [0.15, 0.2) is 5.11 Å². The van der Waals surface area contributed by atoms with Gasteiger partial charge in [0.2, 0.25) is 0 Å². The number of amides is 1. The molecule has 2 rings (SSSR count). The number of anilines is 1. The third kappa shape index (κ3) is 4.06. The molecule has 1 aromatic carbocycles. The number of para-hydroxylation sites is 1. The van der Waals surface area contributed by atoms with Gasteiger partial charge in [-0.1, -0.05) is 12.1 Å². The number of carbonyl (C=O) groups excluding carboxylic acids is 1. The van der Waals surface area contributed by atoms with E-state index in [2.05, 4.69) is 31.5 Å². The van der Waals surface area contributed by atoms with E-state index in [9.17, 15) is 14.9 Å². The third-order valence-electron chi connectivity index (χ3n) is 2.54. The molecule has 0 saturated carbocycles. The maximum absolute atomic E-state index is 12.1. The Kier molecular flexibility index (Phi) is 5.12. The number of hydrogen-bond donors (Lipinski definition) is 2. The summed E-state index contributed by atoms with van der Waals surface area (Å²) in [5.41, 5.74) is -0.356. The van der Waals surface area contributed by atoms with Crippen LogP contribution in [0.15, 0.2) is 47.1 Å². The number of nitrogens with one attached hydrogen (secondary N) is 2. The largest absolute Gasteiger partial charge is 0.317 e.